The van der Waals surface area contributed by atoms with Crippen molar-refractivity contribution in [2.45, 2.75) is 25.3 Å². The summed E-state index contributed by atoms with van der Waals surface area (Å²) < 4.78 is 4.60. The summed E-state index contributed by atoms with van der Waals surface area (Å²) in [6.45, 7) is 0.806. The molecule has 0 unspecified atom stereocenters. The van der Waals surface area contributed by atoms with E-state index >= 15 is 0 Å². The molecule has 1 fully saturated rings. The number of amides is 1. The second-order valence-corrected chi connectivity index (χ2v) is 6.43. The number of benzene rings is 2. The molecular formula is C22H23NO3. The summed E-state index contributed by atoms with van der Waals surface area (Å²) in [7, 11) is 1.36. The van der Waals surface area contributed by atoms with Crippen LogP contribution in [-0.4, -0.2) is 30.4 Å². The van der Waals surface area contributed by atoms with Gasteiger partial charge in [-0.15, -0.1) is 0 Å². The molecule has 0 bridgehead atoms. The lowest BCUT2D eigenvalue weighted by molar-refractivity contribution is -0.134. The van der Waals surface area contributed by atoms with Gasteiger partial charge in [-0.3, -0.25) is 4.79 Å². The lowest BCUT2D eigenvalue weighted by Gasteiger charge is -2.25. The minimum absolute atomic E-state index is 0.129. The van der Waals surface area contributed by atoms with E-state index in [2.05, 4.69) is 4.74 Å². The van der Waals surface area contributed by atoms with Crippen LogP contribution >= 0.6 is 0 Å². The molecule has 0 spiro atoms. The molecule has 0 aliphatic carbocycles. The number of carbonyl (C=O) groups is 2. The molecule has 3 rings (SSSR count). The van der Waals surface area contributed by atoms with Crippen molar-refractivity contribution in [3.05, 3.63) is 77.4 Å². The predicted molar refractivity (Wildman–Crippen MR) is 101 cm³/mol. The topological polar surface area (TPSA) is 46.6 Å². The Morgan fingerprint density at radius 1 is 1.12 bits per heavy atom. The first kappa shape index (κ1) is 17.9. The number of methoxy groups -OCH3 is 1. The fourth-order valence-corrected chi connectivity index (χ4v) is 3.35. The van der Waals surface area contributed by atoms with Crippen LogP contribution < -0.4 is 0 Å². The van der Waals surface area contributed by atoms with Gasteiger partial charge in [-0.05, 0) is 35.6 Å². The van der Waals surface area contributed by atoms with E-state index in [9.17, 15) is 9.59 Å². The van der Waals surface area contributed by atoms with E-state index in [-0.39, 0.29) is 17.9 Å². The summed E-state index contributed by atoms with van der Waals surface area (Å²) in [5.41, 5.74) is 3.12. The zero-order chi connectivity index (χ0) is 18.4. The maximum Gasteiger partial charge on any atom is 0.330 e. The molecule has 1 aliphatic rings. The van der Waals surface area contributed by atoms with Crippen LogP contribution in [-0.2, 0) is 20.7 Å². The van der Waals surface area contributed by atoms with Crippen LogP contribution in [0, 0.1) is 0 Å². The second kappa shape index (κ2) is 8.48. The summed E-state index contributed by atoms with van der Waals surface area (Å²) in [5.74, 6) is -0.198. The highest BCUT2D eigenvalue weighted by Gasteiger charge is 2.29. The van der Waals surface area contributed by atoms with Gasteiger partial charge in [-0.2, -0.15) is 0 Å². The molecule has 134 valence electrons. The third-order valence-electron chi connectivity index (χ3n) is 4.71. The number of ether oxygens (including phenoxy) is 1. The highest BCUT2D eigenvalue weighted by Crippen LogP contribution is 2.32. The van der Waals surface area contributed by atoms with Crippen molar-refractivity contribution in [2.24, 2.45) is 0 Å². The van der Waals surface area contributed by atoms with Gasteiger partial charge in [0.1, 0.15) is 0 Å². The average Bonchev–Trinajstić information content (AvgIpc) is 3.17. The number of carbonyl (C=O) groups excluding carboxylic acids is 2. The van der Waals surface area contributed by atoms with E-state index in [1.807, 2.05) is 59.5 Å². The number of hydrogen-bond acceptors (Lipinski definition) is 3. The summed E-state index contributed by atoms with van der Waals surface area (Å²) in [5, 5.41) is 0. The van der Waals surface area contributed by atoms with E-state index in [0.29, 0.717) is 6.42 Å². The fourth-order valence-electron chi connectivity index (χ4n) is 3.35. The minimum atomic E-state index is -0.373. The van der Waals surface area contributed by atoms with E-state index in [4.69, 9.17) is 0 Å². The molecule has 1 aliphatic heterocycles. The lowest BCUT2D eigenvalue weighted by atomic mass is 10.0. The largest absolute Gasteiger partial charge is 0.466 e. The lowest BCUT2D eigenvalue weighted by Crippen LogP contribution is -2.31. The Bertz CT molecular complexity index is 781. The van der Waals surface area contributed by atoms with Crippen molar-refractivity contribution in [2.75, 3.05) is 13.7 Å². The summed E-state index contributed by atoms with van der Waals surface area (Å²) >= 11 is 0. The SMILES string of the molecule is COC(=O)/C=C/c1ccc([C@@H]2CCCN2C(=O)Cc2ccccc2)cc1. The van der Waals surface area contributed by atoms with Crippen molar-refractivity contribution in [1.82, 2.24) is 4.90 Å². The first-order valence-corrected chi connectivity index (χ1v) is 8.87. The monoisotopic (exact) mass is 349 g/mol. The maximum atomic E-state index is 12.7. The van der Waals surface area contributed by atoms with Crippen LogP contribution in [0.15, 0.2) is 60.7 Å². The number of nitrogens with zero attached hydrogens (tertiary/aromatic N) is 1. The molecule has 2 aromatic carbocycles. The average molecular weight is 349 g/mol. The molecule has 2 aromatic rings. The first-order chi connectivity index (χ1) is 12.7. The first-order valence-electron chi connectivity index (χ1n) is 8.87. The van der Waals surface area contributed by atoms with Gasteiger partial charge in [0.2, 0.25) is 5.91 Å². The molecule has 1 saturated heterocycles. The molecule has 1 atom stereocenters. The Balaban J connectivity index is 1.68. The van der Waals surface area contributed by atoms with E-state index in [1.54, 1.807) is 6.08 Å². The van der Waals surface area contributed by atoms with Gasteiger partial charge in [0, 0.05) is 12.6 Å². The van der Waals surface area contributed by atoms with Crippen LogP contribution in [0.4, 0.5) is 0 Å². The van der Waals surface area contributed by atoms with Gasteiger partial charge in [-0.1, -0.05) is 54.6 Å². The highest BCUT2D eigenvalue weighted by molar-refractivity contribution is 5.86. The number of hydrogen-bond donors (Lipinski definition) is 0. The molecule has 0 aromatic heterocycles. The zero-order valence-corrected chi connectivity index (χ0v) is 14.9. The standard InChI is InChI=1S/C22H23NO3/c1-26-22(25)14-11-17-9-12-19(13-10-17)20-8-5-15-23(20)21(24)16-18-6-3-2-4-7-18/h2-4,6-7,9-14,20H,5,8,15-16H2,1H3/b14-11+/t20-/m0/s1. The Labute approximate surface area is 154 Å². The normalized spacial score (nSPS) is 16.8. The van der Waals surface area contributed by atoms with E-state index in [1.165, 1.54) is 13.2 Å². The molecule has 4 heteroatoms. The van der Waals surface area contributed by atoms with Gasteiger partial charge < -0.3 is 9.64 Å². The summed E-state index contributed by atoms with van der Waals surface area (Å²) in [6.07, 6.45) is 5.58. The van der Waals surface area contributed by atoms with Gasteiger partial charge in [-0.25, -0.2) is 4.79 Å². The Kier molecular flexibility index (Phi) is 5.84. The highest BCUT2D eigenvalue weighted by atomic mass is 16.5. The van der Waals surface area contributed by atoms with Crippen LogP contribution in [0.5, 0.6) is 0 Å². The van der Waals surface area contributed by atoms with Gasteiger partial charge in [0.25, 0.3) is 0 Å². The summed E-state index contributed by atoms with van der Waals surface area (Å²) in [6, 6.07) is 18.0. The maximum absolute atomic E-state index is 12.7. The Hall–Kier alpha value is -2.88. The minimum Gasteiger partial charge on any atom is -0.466 e. The van der Waals surface area contributed by atoms with Crippen molar-refractivity contribution in [3.8, 4) is 0 Å². The smallest absolute Gasteiger partial charge is 0.330 e. The Morgan fingerprint density at radius 2 is 1.85 bits per heavy atom. The fraction of sp³-hybridized carbons (Fsp3) is 0.273. The van der Waals surface area contributed by atoms with Crippen molar-refractivity contribution in [1.29, 1.82) is 0 Å². The molecule has 0 N–H and O–H groups in total. The number of esters is 1. The van der Waals surface area contributed by atoms with Crippen LogP contribution in [0.3, 0.4) is 0 Å². The van der Waals surface area contributed by atoms with Crippen molar-refractivity contribution >= 4 is 18.0 Å². The molecule has 0 radical (unpaired) electrons. The van der Waals surface area contributed by atoms with Gasteiger partial charge in [0.05, 0.1) is 19.6 Å². The molecule has 26 heavy (non-hydrogen) atoms. The quantitative estimate of drug-likeness (QED) is 0.610. The van der Waals surface area contributed by atoms with Crippen LogP contribution in [0.25, 0.3) is 6.08 Å². The van der Waals surface area contributed by atoms with Crippen molar-refractivity contribution in [3.63, 3.8) is 0 Å². The Morgan fingerprint density at radius 3 is 2.54 bits per heavy atom. The van der Waals surface area contributed by atoms with Crippen LogP contribution in [0.1, 0.15) is 35.6 Å². The van der Waals surface area contributed by atoms with E-state index < -0.39 is 0 Å². The molecule has 1 heterocycles. The summed E-state index contributed by atoms with van der Waals surface area (Å²) in [4.78, 5) is 25.9. The van der Waals surface area contributed by atoms with Gasteiger partial charge in [0.15, 0.2) is 0 Å². The molecule has 1 amide bonds. The van der Waals surface area contributed by atoms with Gasteiger partial charge >= 0.3 is 5.97 Å². The molecule has 0 saturated carbocycles. The number of rotatable bonds is 5. The molecule has 4 nitrogen and oxygen atoms in total. The third-order valence-corrected chi connectivity index (χ3v) is 4.71. The zero-order valence-electron chi connectivity index (χ0n) is 14.9. The predicted octanol–water partition coefficient (Wildman–Crippen LogP) is 3.78. The number of likely N-dealkylation sites (tertiary alicyclic amines) is 1. The van der Waals surface area contributed by atoms with E-state index in [0.717, 1.165) is 36.1 Å². The second-order valence-electron chi connectivity index (χ2n) is 6.43. The van der Waals surface area contributed by atoms with Crippen LogP contribution in [0.2, 0.25) is 0 Å². The third kappa shape index (κ3) is 4.39. The molecular weight excluding hydrogens is 326 g/mol. The van der Waals surface area contributed by atoms with Crippen molar-refractivity contribution < 1.29 is 14.3 Å².